The largest absolute Gasteiger partial charge is 0.492 e. The summed E-state index contributed by atoms with van der Waals surface area (Å²) in [5.41, 5.74) is 2.16. The smallest absolute Gasteiger partial charge is 0.335 e. The van der Waals surface area contributed by atoms with Crippen molar-refractivity contribution in [1.82, 2.24) is 15.1 Å². The number of carboxylic acid groups (broad SMARTS) is 1. The average molecular weight is 450 g/mol. The fourth-order valence-corrected chi connectivity index (χ4v) is 3.42. The highest BCUT2D eigenvalue weighted by Crippen LogP contribution is 2.19. The molecule has 1 heterocycles. The van der Waals surface area contributed by atoms with Crippen LogP contribution in [-0.4, -0.2) is 33.4 Å². The molecule has 0 fully saturated rings. The number of hydrogen-bond acceptors (Lipinski definition) is 4. The number of amides is 1. The number of nitrogens with one attached hydrogen (secondary N) is 1. The lowest BCUT2D eigenvalue weighted by atomic mass is 10.1. The second kappa shape index (κ2) is 9.53. The molecule has 1 aromatic heterocycles. The molecule has 0 bridgehead atoms. The van der Waals surface area contributed by atoms with Crippen LogP contribution in [0.3, 0.4) is 0 Å². The molecular weight excluding hydrogens is 430 g/mol. The number of carbonyl (C=O) groups excluding carboxylic acids is 1. The van der Waals surface area contributed by atoms with Gasteiger partial charge in [0, 0.05) is 17.0 Å². The molecule has 2 N–H and O–H groups in total. The molecule has 0 saturated carbocycles. The monoisotopic (exact) mass is 449 g/mol. The van der Waals surface area contributed by atoms with Crippen LogP contribution in [0.25, 0.3) is 10.9 Å². The zero-order chi connectivity index (χ0) is 22.5. The van der Waals surface area contributed by atoms with Crippen molar-refractivity contribution >= 4 is 34.4 Å². The number of carbonyl (C=O) groups is 2. The number of ether oxygens (including phenoxy) is 1. The summed E-state index contributed by atoms with van der Waals surface area (Å²) in [5.74, 6) is -0.578. The van der Waals surface area contributed by atoms with Gasteiger partial charge in [0.05, 0.1) is 17.6 Å². The molecule has 32 heavy (non-hydrogen) atoms. The third-order valence-electron chi connectivity index (χ3n) is 4.90. The highest BCUT2D eigenvalue weighted by molar-refractivity contribution is 6.30. The van der Waals surface area contributed by atoms with E-state index in [0.717, 1.165) is 16.5 Å². The van der Waals surface area contributed by atoms with Crippen LogP contribution >= 0.6 is 11.6 Å². The minimum absolute atomic E-state index is 0.199. The maximum absolute atomic E-state index is 13.0. The molecule has 7 nitrogen and oxygen atoms in total. The Morgan fingerprint density at radius 2 is 1.72 bits per heavy atom. The van der Waals surface area contributed by atoms with Gasteiger partial charge < -0.3 is 15.2 Å². The first-order valence-corrected chi connectivity index (χ1v) is 10.3. The van der Waals surface area contributed by atoms with Gasteiger partial charge in [-0.15, -0.1) is 0 Å². The van der Waals surface area contributed by atoms with Crippen LogP contribution in [0.1, 0.15) is 26.4 Å². The Labute approximate surface area is 189 Å². The summed E-state index contributed by atoms with van der Waals surface area (Å²) < 4.78 is 7.40. The van der Waals surface area contributed by atoms with Crippen molar-refractivity contribution in [2.24, 2.45) is 0 Å². The van der Waals surface area contributed by atoms with E-state index in [1.807, 2.05) is 24.3 Å². The zero-order valence-corrected chi connectivity index (χ0v) is 17.7. The summed E-state index contributed by atoms with van der Waals surface area (Å²) in [6.45, 7) is 0.972. The number of nitrogens with zero attached hydrogens (tertiary/aromatic N) is 2. The number of halogens is 1. The number of carboxylic acids is 1. The predicted molar refractivity (Wildman–Crippen MR) is 121 cm³/mol. The van der Waals surface area contributed by atoms with Crippen LogP contribution in [-0.2, 0) is 13.1 Å². The number of hydrogen-bond donors (Lipinski definition) is 2. The van der Waals surface area contributed by atoms with Crippen molar-refractivity contribution < 1.29 is 19.4 Å². The summed E-state index contributed by atoms with van der Waals surface area (Å²) in [6.07, 6.45) is 0. The molecule has 1 amide bonds. The van der Waals surface area contributed by atoms with Crippen LogP contribution in [0.4, 0.5) is 0 Å². The van der Waals surface area contributed by atoms with E-state index in [-0.39, 0.29) is 18.0 Å². The molecule has 0 aliphatic carbocycles. The summed E-state index contributed by atoms with van der Waals surface area (Å²) in [4.78, 5) is 24.0. The van der Waals surface area contributed by atoms with E-state index in [9.17, 15) is 9.59 Å². The van der Waals surface area contributed by atoms with Crippen molar-refractivity contribution in [3.63, 3.8) is 0 Å². The van der Waals surface area contributed by atoms with Crippen LogP contribution in [0.2, 0.25) is 5.02 Å². The lowest BCUT2D eigenvalue weighted by Crippen LogP contribution is -2.27. The Bertz CT molecular complexity index is 1250. The third-order valence-corrected chi connectivity index (χ3v) is 5.15. The highest BCUT2D eigenvalue weighted by Gasteiger charge is 2.18. The van der Waals surface area contributed by atoms with Gasteiger partial charge in [-0.1, -0.05) is 41.9 Å². The maximum Gasteiger partial charge on any atom is 0.335 e. The predicted octanol–water partition coefficient (Wildman–Crippen LogP) is 4.40. The first-order chi connectivity index (χ1) is 15.5. The normalized spacial score (nSPS) is 10.8. The summed E-state index contributed by atoms with van der Waals surface area (Å²) in [7, 11) is 0. The average Bonchev–Trinajstić information content (AvgIpc) is 3.17. The molecule has 3 aromatic carbocycles. The SMILES string of the molecule is O=C(O)c1ccc(CNC(=O)c2c3ccccc3nn2CCOc2ccc(Cl)cc2)cc1. The van der Waals surface area contributed by atoms with Crippen LogP contribution in [0.5, 0.6) is 5.75 Å². The van der Waals surface area contributed by atoms with Crippen molar-refractivity contribution in [2.75, 3.05) is 6.61 Å². The number of aromatic carboxylic acids is 1. The molecule has 0 spiro atoms. The number of aromatic nitrogens is 2. The van der Waals surface area contributed by atoms with E-state index in [1.54, 1.807) is 41.1 Å². The molecule has 0 unspecified atom stereocenters. The van der Waals surface area contributed by atoms with Gasteiger partial charge in [-0.2, -0.15) is 5.10 Å². The van der Waals surface area contributed by atoms with Crippen molar-refractivity contribution in [2.45, 2.75) is 13.1 Å². The van der Waals surface area contributed by atoms with Gasteiger partial charge in [0.1, 0.15) is 18.1 Å². The number of fused-ring (bicyclic) bond motifs is 1. The molecule has 0 aliphatic heterocycles. The van der Waals surface area contributed by atoms with E-state index in [2.05, 4.69) is 10.4 Å². The van der Waals surface area contributed by atoms with E-state index in [4.69, 9.17) is 21.4 Å². The molecule has 4 rings (SSSR count). The Morgan fingerprint density at radius 1 is 1.00 bits per heavy atom. The Hall–Kier alpha value is -3.84. The number of rotatable bonds is 8. The van der Waals surface area contributed by atoms with E-state index >= 15 is 0 Å². The summed E-state index contributed by atoms with van der Waals surface area (Å²) in [5, 5.41) is 17.8. The first kappa shape index (κ1) is 21.4. The van der Waals surface area contributed by atoms with Crippen LogP contribution in [0, 0.1) is 0 Å². The maximum atomic E-state index is 13.0. The van der Waals surface area contributed by atoms with E-state index < -0.39 is 5.97 Å². The second-order valence-corrected chi connectivity index (χ2v) is 7.51. The topological polar surface area (TPSA) is 93.5 Å². The third kappa shape index (κ3) is 4.90. The van der Waals surface area contributed by atoms with Gasteiger partial charge in [0.2, 0.25) is 0 Å². The Morgan fingerprint density at radius 3 is 2.44 bits per heavy atom. The molecule has 4 aromatic rings. The quantitative estimate of drug-likeness (QED) is 0.416. The molecular formula is C24H20ClN3O4. The fraction of sp³-hybridized carbons (Fsp3) is 0.125. The zero-order valence-electron chi connectivity index (χ0n) is 17.0. The van der Waals surface area contributed by atoms with Gasteiger partial charge in [0.25, 0.3) is 5.91 Å². The van der Waals surface area contributed by atoms with Gasteiger partial charge in [-0.25, -0.2) is 4.79 Å². The second-order valence-electron chi connectivity index (χ2n) is 7.08. The molecule has 0 radical (unpaired) electrons. The van der Waals surface area contributed by atoms with Crippen molar-refractivity contribution in [1.29, 1.82) is 0 Å². The molecule has 0 saturated heterocycles. The lowest BCUT2D eigenvalue weighted by Gasteiger charge is -2.10. The highest BCUT2D eigenvalue weighted by atomic mass is 35.5. The Balaban J connectivity index is 1.48. The first-order valence-electron chi connectivity index (χ1n) is 9.95. The summed E-state index contributed by atoms with van der Waals surface area (Å²) in [6, 6.07) is 20.9. The van der Waals surface area contributed by atoms with Gasteiger partial charge in [-0.3, -0.25) is 9.48 Å². The van der Waals surface area contributed by atoms with E-state index in [1.165, 1.54) is 12.1 Å². The van der Waals surface area contributed by atoms with E-state index in [0.29, 0.717) is 29.6 Å². The summed E-state index contributed by atoms with van der Waals surface area (Å²) >= 11 is 5.90. The van der Waals surface area contributed by atoms with Crippen LogP contribution < -0.4 is 10.1 Å². The number of benzene rings is 3. The fourth-order valence-electron chi connectivity index (χ4n) is 3.29. The molecule has 162 valence electrons. The lowest BCUT2D eigenvalue weighted by molar-refractivity contribution is 0.0696. The van der Waals surface area contributed by atoms with Crippen molar-refractivity contribution in [3.05, 3.63) is 94.6 Å². The standard InChI is InChI=1S/C24H20ClN3O4/c25-18-9-11-19(12-10-18)32-14-13-28-22(20-3-1-2-4-21(20)27-28)23(29)26-15-16-5-7-17(8-6-16)24(30)31/h1-12H,13-15H2,(H,26,29)(H,30,31). The van der Waals surface area contributed by atoms with Gasteiger partial charge in [0.15, 0.2) is 0 Å². The molecule has 8 heteroatoms. The Kier molecular flexibility index (Phi) is 6.37. The van der Waals surface area contributed by atoms with Crippen LogP contribution in [0.15, 0.2) is 72.8 Å². The van der Waals surface area contributed by atoms with Crippen molar-refractivity contribution in [3.8, 4) is 5.75 Å². The minimum Gasteiger partial charge on any atom is -0.492 e. The minimum atomic E-state index is -0.989. The van der Waals surface area contributed by atoms with Gasteiger partial charge in [-0.05, 0) is 48.0 Å². The molecule has 0 atom stereocenters. The van der Waals surface area contributed by atoms with Gasteiger partial charge >= 0.3 is 5.97 Å². The molecule has 0 aliphatic rings.